The summed E-state index contributed by atoms with van der Waals surface area (Å²) in [5.74, 6) is -0.438. The van der Waals surface area contributed by atoms with Crippen LogP contribution in [0.1, 0.15) is 94.6 Å². The van der Waals surface area contributed by atoms with E-state index in [0.29, 0.717) is 31.7 Å². The molecule has 3 rings (SSSR count). The molecule has 0 spiro atoms. The molecule has 0 aliphatic carbocycles. The summed E-state index contributed by atoms with van der Waals surface area (Å²) in [6, 6.07) is 28.5. The van der Waals surface area contributed by atoms with Crippen molar-refractivity contribution in [1.29, 1.82) is 0 Å². The topological polar surface area (TPSA) is 128 Å². The second kappa shape index (κ2) is 29.9. The van der Waals surface area contributed by atoms with E-state index in [0.717, 1.165) is 61.8 Å². The third kappa shape index (κ3) is 23.6. The van der Waals surface area contributed by atoms with Gasteiger partial charge in [-0.15, -0.1) is 0 Å². The number of ether oxygens (including phenoxy) is 2. The number of likely N-dealkylation sites (N-methyl/N-ethyl adjacent to an activating group) is 1. The third-order valence-corrected chi connectivity index (χ3v) is 7.58. The molecule has 9 nitrogen and oxygen atoms in total. The van der Waals surface area contributed by atoms with Crippen molar-refractivity contribution in [1.82, 2.24) is 10.2 Å². The zero-order valence-corrected chi connectivity index (χ0v) is 32.4. The van der Waals surface area contributed by atoms with Crippen molar-refractivity contribution >= 4 is 24.6 Å². The summed E-state index contributed by atoms with van der Waals surface area (Å²) in [5.41, 5.74) is 7.65. The van der Waals surface area contributed by atoms with Crippen molar-refractivity contribution in [2.75, 3.05) is 26.7 Å². The number of nitrogens with two attached hydrogens (primary N) is 1. The Balaban J connectivity index is 0.000000987. The first-order valence-electron chi connectivity index (χ1n) is 18.2. The lowest BCUT2D eigenvalue weighted by molar-refractivity contribution is -0.146. The fourth-order valence-corrected chi connectivity index (χ4v) is 4.70. The molecule has 0 radical (unpaired) electrons. The van der Waals surface area contributed by atoms with Crippen LogP contribution in [0.5, 0.6) is 0 Å². The number of aldehydes is 1. The lowest BCUT2D eigenvalue weighted by atomic mass is 9.83. The van der Waals surface area contributed by atoms with Gasteiger partial charge in [0, 0.05) is 11.1 Å². The Morgan fingerprint density at radius 3 is 1.88 bits per heavy atom. The van der Waals surface area contributed by atoms with Gasteiger partial charge in [-0.2, -0.15) is 0 Å². The van der Waals surface area contributed by atoms with Gasteiger partial charge < -0.3 is 25.3 Å². The van der Waals surface area contributed by atoms with Gasteiger partial charge in [-0.1, -0.05) is 139 Å². The molecule has 0 saturated heterocycles. The van der Waals surface area contributed by atoms with Crippen molar-refractivity contribution in [2.24, 2.45) is 11.1 Å². The number of carbonyl (C=O) groups excluding carboxylic acids is 4. The summed E-state index contributed by atoms with van der Waals surface area (Å²) in [5, 5.41) is 3.31. The van der Waals surface area contributed by atoms with Crippen LogP contribution in [0, 0.1) is 5.41 Å². The summed E-state index contributed by atoms with van der Waals surface area (Å²) in [6.45, 7) is 16.9. The molecule has 286 valence electrons. The van der Waals surface area contributed by atoms with Crippen LogP contribution in [0.2, 0.25) is 0 Å². The average molecular weight is 718 g/mol. The predicted octanol–water partition coefficient (Wildman–Crippen LogP) is 7.93. The summed E-state index contributed by atoms with van der Waals surface area (Å²) < 4.78 is 10.5. The van der Waals surface area contributed by atoms with Crippen LogP contribution in [-0.2, 0) is 36.9 Å². The Hall–Kier alpha value is -4.76. The van der Waals surface area contributed by atoms with Crippen molar-refractivity contribution < 1.29 is 28.7 Å². The van der Waals surface area contributed by atoms with Crippen LogP contribution >= 0.6 is 0 Å². The molecule has 0 aromatic heterocycles. The highest BCUT2D eigenvalue weighted by atomic mass is 16.5. The van der Waals surface area contributed by atoms with E-state index in [9.17, 15) is 14.4 Å². The summed E-state index contributed by atoms with van der Waals surface area (Å²) in [6.07, 6.45) is 7.90. The molecular formula is C43H63N3O6. The Kier molecular flexibility index (Phi) is 27.2. The standard InChI is InChI=1S/C26H33NO3.C13H19NO2.C3H8.CH3NO/c1-21(27-24(20-28)19-22-13-7-4-8-14-22)26(2,3)17-11-6-12-18-30-25(29)23-15-9-5-10-16-23;1-3-9-14(2)10-13(15)16-11-12-7-5-4-6-8-12;1-3-2;2-1-3/h4-5,7-10,13-16,20,24,27H,1,6,11-12,17-19H2,2-3H3;4-8H,3,9-11H2,1-2H3;3H2,1-2H3;1H,(H2,2,3). The number of benzene rings is 3. The van der Waals surface area contributed by atoms with E-state index in [1.165, 1.54) is 6.42 Å². The summed E-state index contributed by atoms with van der Waals surface area (Å²) >= 11 is 0. The van der Waals surface area contributed by atoms with Gasteiger partial charge >= 0.3 is 11.9 Å². The number of rotatable bonds is 19. The lowest BCUT2D eigenvalue weighted by Gasteiger charge is -2.30. The number of amides is 1. The van der Waals surface area contributed by atoms with Gasteiger partial charge in [0.15, 0.2) is 0 Å². The van der Waals surface area contributed by atoms with Crippen molar-refractivity contribution in [2.45, 2.75) is 92.2 Å². The number of nitrogens with zero attached hydrogens (tertiary/aromatic N) is 1. The zero-order valence-electron chi connectivity index (χ0n) is 32.4. The van der Waals surface area contributed by atoms with E-state index in [2.05, 4.69) is 52.2 Å². The Morgan fingerprint density at radius 1 is 0.846 bits per heavy atom. The van der Waals surface area contributed by atoms with Crippen LogP contribution in [-0.4, -0.2) is 62.3 Å². The van der Waals surface area contributed by atoms with Crippen LogP contribution in [0.15, 0.2) is 103 Å². The molecule has 0 aliphatic rings. The third-order valence-electron chi connectivity index (χ3n) is 7.58. The molecule has 0 fully saturated rings. The molecule has 0 bridgehead atoms. The van der Waals surface area contributed by atoms with Gasteiger partial charge in [0.25, 0.3) is 0 Å². The quantitative estimate of drug-likeness (QED) is 0.0727. The maximum atomic E-state index is 11.9. The second-order valence-electron chi connectivity index (χ2n) is 13.0. The van der Waals surface area contributed by atoms with E-state index in [-0.39, 0.29) is 29.8 Å². The molecule has 0 saturated carbocycles. The van der Waals surface area contributed by atoms with Crippen LogP contribution in [0.25, 0.3) is 0 Å². The zero-order chi connectivity index (χ0) is 39.0. The fraction of sp³-hybridized carbons (Fsp3) is 0.442. The van der Waals surface area contributed by atoms with Crippen molar-refractivity contribution in [3.05, 3.63) is 120 Å². The summed E-state index contributed by atoms with van der Waals surface area (Å²) in [4.78, 5) is 45.4. The molecule has 1 unspecified atom stereocenters. The van der Waals surface area contributed by atoms with E-state index < -0.39 is 0 Å². The van der Waals surface area contributed by atoms with Gasteiger partial charge in [0.1, 0.15) is 12.9 Å². The monoisotopic (exact) mass is 717 g/mol. The van der Waals surface area contributed by atoms with E-state index in [1.54, 1.807) is 12.1 Å². The number of hydrogen-bond acceptors (Lipinski definition) is 8. The first-order chi connectivity index (χ1) is 25.0. The van der Waals surface area contributed by atoms with Gasteiger partial charge in [-0.3, -0.25) is 14.5 Å². The smallest absolute Gasteiger partial charge is 0.338 e. The maximum Gasteiger partial charge on any atom is 0.338 e. The van der Waals surface area contributed by atoms with E-state index in [1.807, 2.05) is 90.8 Å². The minimum absolute atomic E-state index is 0.126. The molecule has 1 atom stereocenters. The highest BCUT2D eigenvalue weighted by Crippen LogP contribution is 2.30. The first-order valence-corrected chi connectivity index (χ1v) is 18.2. The highest BCUT2D eigenvalue weighted by Gasteiger charge is 2.23. The number of nitrogens with one attached hydrogen (secondary N) is 1. The van der Waals surface area contributed by atoms with Gasteiger partial charge in [-0.25, -0.2) is 4.79 Å². The van der Waals surface area contributed by atoms with Gasteiger partial charge in [0.05, 0.1) is 24.8 Å². The van der Waals surface area contributed by atoms with Crippen molar-refractivity contribution in [3.8, 4) is 0 Å². The Morgan fingerprint density at radius 2 is 1.37 bits per heavy atom. The highest BCUT2D eigenvalue weighted by molar-refractivity contribution is 5.89. The van der Waals surface area contributed by atoms with Crippen LogP contribution in [0.4, 0.5) is 0 Å². The number of primary amides is 1. The molecule has 0 heterocycles. The normalized spacial score (nSPS) is 10.8. The van der Waals surface area contributed by atoms with E-state index >= 15 is 0 Å². The molecule has 0 aliphatic heterocycles. The van der Waals surface area contributed by atoms with Crippen LogP contribution in [0.3, 0.4) is 0 Å². The predicted molar refractivity (Wildman–Crippen MR) is 211 cm³/mol. The SMILES string of the molecule is C=C(NC(C=O)Cc1ccccc1)C(C)(C)CCCCCOC(=O)c1ccccc1.CCC.CCCN(C)CC(=O)OCc1ccccc1.NC=O. The molecule has 3 N–H and O–H groups in total. The molecule has 3 aromatic carbocycles. The Labute approximate surface area is 313 Å². The van der Waals surface area contributed by atoms with Gasteiger partial charge in [0.2, 0.25) is 6.41 Å². The minimum Gasteiger partial charge on any atom is -0.462 e. The van der Waals surface area contributed by atoms with Gasteiger partial charge in [-0.05, 0) is 62.5 Å². The number of unbranched alkanes of at least 4 members (excludes halogenated alkanes) is 2. The second-order valence-corrected chi connectivity index (χ2v) is 13.0. The minimum atomic E-state index is -0.281. The first kappa shape index (κ1) is 47.2. The maximum absolute atomic E-state index is 11.9. The number of carbonyl (C=O) groups is 4. The van der Waals surface area contributed by atoms with Crippen molar-refractivity contribution in [3.63, 3.8) is 0 Å². The molecule has 52 heavy (non-hydrogen) atoms. The average Bonchev–Trinajstić information content (AvgIpc) is 3.14. The van der Waals surface area contributed by atoms with E-state index in [4.69, 9.17) is 14.3 Å². The Bertz CT molecular complexity index is 1370. The number of esters is 2. The molecule has 9 heteroatoms. The molecular weight excluding hydrogens is 654 g/mol. The fourth-order valence-electron chi connectivity index (χ4n) is 4.70. The summed E-state index contributed by atoms with van der Waals surface area (Å²) in [7, 11) is 1.92. The number of allylic oxidation sites excluding steroid dienone is 1. The van der Waals surface area contributed by atoms with Crippen LogP contribution < -0.4 is 11.1 Å². The molecule has 3 aromatic rings. The largest absolute Gasteiger partial charge is 0.462 e. The molecule has 1 amide bonds. The lowest BCUT2D eigenvalue weighted by Crippen LogP contribution is -2.37. The number of hydrogen-bond donors (Lipinski definition) is 2.